The summed E-state index contributed by atoms with van der Waals surface area (Å²) in [6.45, 7) is 3.29. The number of rotatable bonds is 5. The van der Waals surface area contributed by atoms with Crippen molar-refractivity contribution in [2.24, 2.45) is 0 Å². The van der Waals surface area contributed by atoms with E-state index in [-0.39, 0.29) is 48.9 Å². The standard InChI is InChI=1S/C27H18NS.C25H24FN2.Ir/c1-16-12-25(28-15-17(16)2)22-9-5-8-21-24-13-19-11-10-18-6-3-4-7-20(18)23(19)14-26(24)29-27(21)22;1-16(2)20-14-19(26)15-21(17(3)4)24(20)28-23-13-9-8-12-22(23)27-25(28)18-10-6-5-7-11-18;/h3-8,10-15H,1-2H3;5-10,12-17H,1-4H3;/q2*-1;/i1D3,2D3;;. The van der Waals surface area contributed by atoms with Crippen LogP contribution in [0.1, 0.15) is 70.0 Å². The van der Waals surface area contributed by atoms with E-state index in [1.165, 1.54) is 28.4 Å². The van der Waals surface area contributed by atoms with Crippen LogP contribution in [0.4, 0.5) is 4.39 Å². The maximum Gasteiger partial charge on any atom is 0.123 e. The van der Waals surface area contributed by atoms with Gasteiger partial charge in [0.15, 0.2) is 0 Å². The Hall–Kier alpha value is -5.52. The largest absolute Gasteiger partial charge is 0.333 e. The molecule has 0 atom stereocenters. The molecule has 0 bridgehead atoms. The van der Waals surface area contributed by atoms with Crippen molar-refractivity contribution in [2.75, 3.05) is 0 Å². The molecule has 0 aliphatic carbocycles. The molecule has 10 aromatic rings. The summed E-state index contributed by atoms with van der Waals surface area (Å²) in [5.74, 6) is 1.000. The van der Waals surface area contributed by atoms with E-state index < -0.39 is 13.7 Å². The third kappa shape index (κ3) is 7.04. The number of pyridine rings is 1. The Morgan fingerprint density at radius 3 is 2.19 bits per heavy atom. The molecule has 0 aliphatic rings. The van der Waals surface area contributed by atoms with Crippen LogP contribution >= 0.6 is 11.3 Å². The van der Waals surface area contributed by atoms with Gasteiger partial charge in [0.05, 0.1) is 16.9 Å². The van der Waals surface area contributed by atoms with Crippen LogP contribution in [-0.2, 0) is 20.1 Å². The van der Waals surface area contributed by atoms with Gasteiger partial charge in [0, 0.05) is 44.9 Å². The molecule has 289 valence electrons. The first-order valence-corrected chi connectivity index (χ1v) is 19.9. The summed E-state index contributed by atoms with van der Waals surface area (Å²) < 4.78 is 65.6. The van der Waals surface area contributed by atoms with Crippen molar-refractivity contribution in [2.45, 2.75) is 53.2 Å². The van der Waals surface area contributed by atoms with E-state index in [1.807, 2.05) is 66.7 Å². The van der Waals surface area contributed by atoms with Crippen LogP contribution in [0.5, 0.6) is 0 Å². The topological polar surface area (TPSA) is 30.7 Å². The SMILES string of the molecule is CC(C)c1cc(F)cc(C(C)C)c1-n1c(-c2[c-]cccc2)nc2ccccc21.[2H]C([2H])([2H])c1cnc(-c2[c-]ccc3c2sc2cc4c(ccc5ccccc54)cc23)cc1C([2H])([2H])[2H].[Ir]. The summed E-state index contributed by atoms with van der Waals surface area (Å²) in [5, 5.41) is 6.85. The van der Waals surface area contributed by atoms with Crippen molar-refractivity contribution in [3.05, 3.63) is 174 Å². The third-order valence-electron chi connectivity index (χ3n) is 10.6. The number of hydrogen-bond acceptors (Lipinski definition) is 3. The number of thiophene rings is 1. The summed E-state index contributed by atoms with van der Waals surface area (Å²) >= 11 is 1.61. The molecule has 3 aromatic heterocycles. The van der Waals surface area contributed by atoms with Crippen molar-refractivity contribution < 1.29 is 32.7 Å². The second kappa shape index (κ2) is 16.0. The van der Waals surface area contributed by atoms with Crippen molar-refractivity contribution in [3.8, 4) is 28.3 Å². The molecule has 7 aromatic carbocycles. The molecule has 0 spiro atoms. The van der Waals surface area contributed by atoms with Gasteiger partial charge in [0.2, 0.25) is 0 Å². The molecule has 0 amide bonds. The molecule has 0 saturated carbocycles. The Balaban J connectivity index is 0.000000177. The Bertz CT molecular complexity index is 3330. The van der Waals surface area contributed by atoms with Gasteiger partial charge in [-0.3, -0.25) is 4.98 Å². The van der Waals surface area contributed by atoms with Gasteiger partial charge in [-0.25, -0.2) is 4.39 Å². The molecule has 0 N–H and O–H groups in total. The second-order valence-electron chi connectivity index (χ2n) is 14.9. The van der Waals surface area contributed by atoms with Gasteiger partial charge in [-0.1, -0.05) is 93.2 Å². The minimum Gasteiger partial charge on any atom is -0.333 e. The van der Waals surface area contributed by atoms with E-state index in [2.05, 4.69) is 91.8 Å². The first-order valence-electron chi connectivity index (χ1n) is 22.1. The average Bonchev–Trinajstić information content (AvgIpc) is 3.83. The number of benzene rings is 7. The van der Waals surface area contributed by atoms with Crippen LogP contribution < -0.4 is 0 Å². The van der Waals surface area contributed by atoms with E-state index in [4.69, 9.17) is 13.2 Å². The molecule has 0 unspecified atom stereocenters. The Kier molecular flexibility index (Phi) is 8.96. The Labute approximate surface area is 365 Å². The summed E-state index contributed by atoms with van der Waals surface area (Å²) in [7, 11) is 0. The van der Waals surface area contributed by atoms with Crippen LogP contribution in [0, 0.1) is 31.7 Å². The number of aryl methyl sites for hydroxylation is 2. The third-order valence-corrected chi connectivity index (χ3v) is 11.8. The van der Waals surface area contributed by atoms with E-state index in [1.54, 1.807) is 23.5 Å². The summed E-state index contributed by atoms with van der Waals surface area (Å²) in [4.78, 5) is 9.29. The van der Waals surface area contributed by atoms with E-state index >= 15 is 0 Å². The number of halogens is 1. The fourth-order valence-electron chi connectivity index (χ4n) is 7.77. The zero-order valence-electron chi connectivity index (χ0n) is 38.3. The quantitative estimate of drug-likeness (QED) is 0.127. The first kappa shape index (κ1) is 32.4. The molecule has 0 fully saturated rings. The monoisotopic (exact) mass is 958 g/mol. The summed E-state index contributed by atoms with van der Waals surface area (Å²) in [6.07, 6.45) is 1.17. The molecule has 0 aliphatic heterocycles. The number of fused-ring (bicyclic) bond motifs is 7. The van der Waals surface area contributed by atoms with Gasteiger partial charge in [-0.15, -0.1) is 59.7 Å². The Morgan fingerprint density at radius 1 is 0.690 bits per heavy atom. The van der Waals surface area contributed by atoms with E-state index in [9.17, 15) is 4.39 Å². The molecule has 0 saturated heterocycles. The maximum atomic E-state index is 14.5. The van der Waals surface area contributed by atoms with E-state index in [0.29, 0.717) is 11.3 Å². The predicted molar refractivity (Wildman–Crippen MR) is 239 cm³/mol. The smallest absolute Gasteiger partial charge is 0.123 e. The second-order valence-corrected chi connectivity index (χ2v) is 16.0. The predicted octanol–water partition coefficient (Wildman–Crippen LogP) is 14.7. The van der Waals surface area contributed by atoms with Crippen LogP contribution in [0.25, 0.3) is 81.1 Å². The molecule has 1 radical (unpaired) electrons. The fraction of sp³-hybridized carbons (Fsp3) is 0.154. The average molecular weight is 958 g/mol. The van der Waals surface area contributed by atoms with Gasteiger partial charge in [-0.2, -0.15) is 11.3 Å². The van der Waals surface area contributed by atoms with Gasteiger partial charge in [0.25, 0.3) is 0 Å². The van der Waals surface area contributed by atoms with Crippen LogP contribution in [0.15, 0.2) is 134 Å². The van der Waals surface area contributed by atoms with Crippen LogP contribution in [0.2, 0.25) is 0 Å². The molecular formula is C52H42FIrN3S-2. The molecule has 10 rings (SSSR count). The fourth-order valence-corrected chi connectivity index (χ4v) is 9.00. The van der Waals surface area contributed by atoms with Crippen LogP contribution in [-0.4, -0.2) is 14.5 Å². The van der Waals surface area contributed by atoms with Crippen LogP contribution in [0.3, 0.4) is 0 Å². The van der Waals surface area contributed by atoms with Crippen molar-refractivity contribution in [1.82, 2.24) is 14.5 Å². The minimum atomic E-state index is -2.58. The van der Waals surface area contributed by atoms with Crippen molar-refractivity contribution >= 4 is 64.1 Å². The Morgan fingerprint density at radius 2 is 1.43 bits per heavy atom. The molecule has 3 heterocycles. The number of imidazole rings is 1. The number of aromatic nitrogens is 3. The number of hydrogen-bond donors (Lipinski definition) is 0. The number of para-hydroxylation sites is 2. The normalized spacial score (nSPS) is 13.5. The van der Waals surface area contributed by atoms with E-state index in [0.717, 1.165) is 64.8 Å². The molecular weight excluding hydrogens is 910 g/mol. The molecule has 6 heteroatoms. The number of nitrogens with zero attached hydrogens (tertiary/aromatic N) is 3. The van der Waals surface area contributed by atoms with Gasteiger partial charge in [0.1, 0.15) is 5.82 Å². The van der Waals surface area contributed by atoms with Gasteiger partial charge < -0.3 is 9.55 Å². The zero-order valence-corrected chi connectivity index (χ0v) is 35.5. The summed E-state index contributed by atoms with van der Waals surface area (Å²) in [5.41, 5.74) is 6.49. The zero-order chi connectivity index (χ0) is 44.4. The first-order chi connectivity index (χ1) is 30.1. The minimum absolute atomic E-state index is 0. The van der Waals surface area contributed by atoms with Gasteiger partial charge in [-0.05, 0) is 116 Å². The maximum absolute atomic E-state index is 14.5. The molecule has 3 nitrogen and oxygen atoms in total. The van der Waals surface area contributed by atoms with Crippen molar-refractivity contribution in [3.63, 3.8) is 0 Å². The van der Waals surface area contributed by atoms with Crippen molar-refractivity contribution in [1.29, 1.82) is 0 Å². The summed E-state index contributed by atoms with van der Waals surface area (Å²) in [6, 6.07) is 48.0. The van der Waals surface area contributed by atoms with Gasteiger partial charge >= 0.3 is 0 Å². The molecule has 58 heavy (non-hydrogen) atoms.